The van der Waals surface area contributed by atoms with Gasteiger partial charge in [0.1, 0.15) is 35.3 Å². The molecule has 0 amide bonds. The lowest BCUT2D eigenvalue weighted by Crippen LogP contribution is -2.27. The third-order valence-electron chi connectivity index (χ3n) is 5.62. The van der Waals surface area contributed by atoms with E-state index in [9.17, 15) is 52.7 Å². The van der Waals surface area contributed by atoms with Crippen LogP contribution < -0.4 is 0 Å². The molecule has 0 spiro atoms. The van der Waals surface area contributed by atoms with Gasteiger partial charge in [-0.1, -0.05) is 112 Å². The van der Waals surface area contributed by atoms with Gasteiger partial charge in [-0.25, -0.2) is 28.8 Å². The molecule has 1 aliphatic heterocycles. The first kappa shape index (κ1) is 77.4. The number of aliphatic hydroxyl groups is 1. The summed E-state index contributed by atoms with van der Waals surface area (Å²) in [6, 6.07) is 0. The van der Waals surface area contributed by atoms with Gasteiger partial charge < -0.3 is 53.2 Å². The Kier molecular flexibility index (Phi) is 40.4. The Morgan fingerprint density at radius 1 is 0.575 bits per heavy atom. The quantitative estimate of drug-likeness (QED) is 0.0448. The highest BCUT2D eigenvalue weighted by atomic mass is 79.9. The standard InChI is InChI=1S/C13H17Cl3O6.C11H16O6.C7H7Cl3O4.C6H11BrO2.C5H4O3.C2H6O/c1-8(5-9(17)21-7-13(14,15)16)11(19)20-6-10(18)22-12(2,3)4;1-7(5-8(12)13)10(15)16-6-9(14)17-11(2,3)4;1-4(6(12)13)2-5(11)14-3-7(8,9)10;1-6(2,3)9-5(8)4-7;1-3-2-4(6)8-5(3)7;1-2-3/h1,5-7H2,2-4H3;1,5-6H2,2-4H3,(H,12,13);1-3H2,(H,12,13);4H2,1-3H3;1-2H2;3H,2H2,1H3. The van der Waals surface area contributed by atoms with Crippen molar-refractivity contribution < 1.29 is 106 Å². The van der Waals surface area contributed by atoms with E-state index in [1.54, 1.807) is 48.5 Å². The molecule has 0 aliphatic carbocycles. The molecule has 0 radical (unpaired) electrons. The van der Waals surface area contributed by atoms with Crippen molar-refractivity contribution in [2.45, 2.75) is 119 Å². The summed E-state index contributed by atoms with van der Waals surface area (Å²) in [5.74, 6) is -8.64. The number of carbonyl (C=O) groups excluding carboxylic acids is 9. The second kappa shape index (κ2) is 38.1. The van der Waals surface area contributed by atoms with Crippen molar-refractivity contribution in [3.63, 3.8) is 0 Å². The lowest BCUT2D eigenvalue weighted by atomic mass is 10.2. The summed E-state index contributed by atoms with van der Waals surface area (Å²) in [6.45, 7) is 28.5. The van der Waals surface area contributed by atoms with Crippen LogP contribution in [0.15, 0.2) is 48.6 Å². The minimum atomic E-state index is -1.74. The van der Waals surface area contributed by atoms with E-state index in [1.165, 1.54) is 0 Å². The van der Waals surface area contributed by atoms with E-state index in [0.29, 0.717) is 0 Å². The Balaban J connectivity index is -0.000000271. The molecule has 0 aromatic rings. The van der Waals surface area contributed by atoms with Crippen molar-refractivity contribution in [2.75, 3.05) is 38.4 Å². The summed E-state index contributed by atoms with van der Waals surface area (Å²) in [7, 11) is 0. The molecule has 1 rings (SSSR count). The van der Waals surface area contributed by atoms with Gasteiger partial charge in [0.15, 0.2) is 13.2 Å². The van der Waals surface area contributed by atoms with Crippen LogP contribution in [-0.4, -0.2) is 144 Å². The fourth-order valence-electron chi connectivity index (χ4n) is 3.20. The number of esters is 9. The van der Waals surface area contributed by atoms with Crippen molar-refractivity contribution in [2.24, 2.45) is 0 Å². The van der Waals surface area contributed by atoms with E-state index in [0.717, 1.165) is 0 Å². The number of hydrogen-bond acceptors (Lipinski definition) is 20. The molecule has 22 nitrogen and oxygen atoms in total. The third kappa shape index (κ3) is 58.3. The normalized spacial score (nSPS) is 11.7. The molecular formula is C44H61BrCl6O22. The monoisotopic (exact) mass is 1230 g/mol. The van der Waals surface area contributed by atoms with Crippen LogP contribution in [0, 0.1) is 0 Å². The molecule has 0 aromatic heterocycles. The van der Waals surface area contributed by atoms with Crippen LogP contribution >= 0.6 is 85.5 Å². The maximum absolute atomic E-state index is 11.5. The predicted molar refractivity (Wildman–Crippen MR) is 270 cm³/mol. The molecule has 0 saturated carbocycles. The van der Waals surface area contributed by atoms with Crippen LogP contribution in [0.25, 0.3) is 0 Å². The molecule has 1 aliphatic rings. The van der Waals surface area contributed by atoms with E-state index in [2.05, 4.69) is 65.9 Å². The average molecular weight is 1230 g/mol. The number of halogens is 7. The number of cyclic esters (lactones) is 2. The third-order valence-corrected chi connectivity index (χ3v) is 6.73. The topological polar surface area (TPSA) is 322 Å². The van der Waals surface area contributed by atoms with Crippen LogP contribution in [0.3, 0.4) is 0 Å². The van der Waals surface area contributed by atoms with Crippen LogP contribution in [0.1, 0.15) is 94.9 Å². The van der Waals surface area contributed by atoms with E-state index in [-0.39, 0.29) is 52.2 Å². The zero-order chi connectivity index (χ0) is 58.9. The SMILES string of the molecule is C=C(CC(=O)O)C(=O)OCC(=O)OC(C)(C)C.C=C(CC(=O)OCC(Cl)(Cl)Cl)C(=O)O.C=C(CC(=O)OCC(Cl)(Cl)Cl)C(=O)OCC(=O)OC(C)(C)C.C=C1CC(=O)OC1=O.CC(C)(C)OC(=O)CBr.CCO. The zero-order valence-electron chi connectivity index (χ0n) is 41.6. The Morgan fingerprint density at radius 3 is 1.11 bits per heavy atom. The molecule has 0 unspecified atom stereocenters. The lowest BCUT2D eigenvalue weighted by molar-refractivity contribution is -0.165. The number of aliphatic carboxylic acids is 2. The van der Waals surface area contributed by atoms with Gasteiger partial charge >= 0.3 is 65.7 Å². The van der Waals surface area contributed by atoms with Gasteiger partial charge in [-0.15, -0.1) is 0 Å². The maximum atomic E-state index is 11.5. The highest BCUT2D eigenvalue weighted by molar-refractivity contribution is 9.09. The molecule has 1 saturated heterocycles. The molecule has 0 aromatic carbocycles. The summed E-state index contributed by atoms with van der Waals surface area (Å²) >= 11 is 35.1. The van der Waals surface area contributed by atoms with Gasteiger partial charge in [0.25, 0.3) is 0 Å². The largest absolute Gasteiger partial charge is 0.481 e. The second-order valence-corrected chi connectivity index (χ2v) is 22.1. The van der Waals surface area contributed by atoms with Crippen molar-refractivity contribution in [3.8, 4) is 0 Å². The number of ether oxygens (including phenoxy) is 8. The van der Waals surface area contributed by atoms with E-state index >= 15 is 0 Å². The Bertz CT molecular complexity index is 1930. The first-order valence-corrected chi connectivity index (χ1v) is 23.6. The van der Waals surface area contributed by atoms with Gasteiger partial charge in [0, 0.05) is 28.9 Å². The smallest absolute Gasteiger partial charge is 0.344 e. The van der Waals surface area contributed by atoms with Gasteiger partial charge in [0.05, 0.1) is 25.7 Å². The predicted octanol–water partition coefficient (Wildman–Crippen LogP) is 7.30. The Hall–Kier alpha value is -4.49. The van der Waals surface area contributed by atoms with Crippen LogP contribution in [0.5, 0.6) is 0 Å². The number of carbonyl (C=O) groups is 11. The van der Waals surface area contributed by atoms with Gasteiger partial charge in [-0.05, 0) is 69.2 Å². The molecule has 29 heteroatoms. The Labute approximate surface area is 460 Å². The number of alkyl halides is 7. The summed E-state index contributed by atoms with van der Waals surface area (Å²) in [5.41, 5.74) is -2.17. The number of aliphatic hydroxyl groups excluding tert-OH is 1. The Morgan fingerprint density at radius 2 is 0.890 bits per heavy atom. The fraction of sp³-hybridized carbons (Fsp3) is 0.568. The van der Waals surface area contributed by atoms with Crippen LogP contribution in [-0.2, 0) is 90.6 Å². The lowest BCUT2D eigenvalue weighted by Gasteiger charge is -2.19. The van der Waals surface area contributed by atoms with Gasteiger partial charge in [0.2, 0.25) is 7.59 Å². The van der Waals surface area contributed by atoms with Gasteiger partial charge in [-0.3, -0.25) is 24.0 Å². The minimum Gasteiger partial charge on any atom is -0.481 e. The van der Waals surface area contributed by atoms with Crippen molar-refractivity contribution in [1.29, 1.82) is 0 Å². The number of carboxylic acid groups (broad SMARTS) is 2. The summed E-state index contributed by atoms with van der Waals surface area (Å²) in [6.07, 6.45) is -1.35. The van der Waals surface area contributed by atoms with Crippen LogP contribution in [0.4, 0.5) is 0 Å². The highest BCUT2D eigenvalue weighted by Gasteiger charge is 2.26. The van der Waals surface area contributed by atoms with Crippen molar-refractivity contribution in [1.82, 2.24) is 0 Å². The molecule has 0 bridgehead atoms. The zero-order valence-corrected chi connectivity index (χ0v) is 47.8. The molecule has 418 valence electrons. The number of hydrogen-bond donors (Lipinski definition) is 3. The summed E-state index contributed by atoms with van der Waals surface area (Å²) in [4.78, 5) is 119. The van der Waals surface area contributed by atoms with Crippen molar-refractivity contribution >= 4 is 151 Å². The molecular weight excluding hydrogens is 1170 g/mol. The average Bonchev–Trinajstić information content (AvgIpc) is 3.49. The second-order valence-electron chi connectivity index (χ2n) is 16.5. The fourth-order valence-corrected chi connectivity index (χ4v) is 3.64. The van der Waals surface area contributed by atoms with E-state index in [1.807, 2.05) is 20.8 Å². The molecule has 73 heavy (non-hydrogen) atoms. The van der Waals surface area contributed by atoms with E-state index < -0.39 is 124 Å². The van der Waals surface area contributed by atoms with Crippen molar-refractivity contribution in [3.05, 3.63) is 48.6 Å². The van der Waals surface area contributed by atoms with Crippen LogP contribution in [0.2, 0.25) is 0 Å². The number of carboxylic acids is 2. The number of rotatable bonds is 16. The first-order valence-electron chi connectivity index (χ1n) is 20.2. The highest BCUT2D eigenvalue weighted by Crippen LogP contribution is 2.27. The minimum absolute atomic E-state index is 0.0544. The maximum Gasteiger partial charge on any atom is 0.344 e. The molecule has 1 heterocycles. The molecule has 1 fully saturated rings. The van der Waals surface area contributed by atoms with E-state index in [4.69, 9.17) is 99.1 Å². The molecule has 0 atom stereocenters. The van der Waals surface area contributed by atoms with Gasteiger partial charge in [-0.2, -0.15) is 0 Å². The first-order chi connectivity index (χ1) is 32.7. The summed E-state index contributed by atoms with van der Waals surface area (Å²) in [5, 5.41) is 24.6. The summed E-state index contributed by atoms with van der Waals surface area (Å²) < 4.78 is 33.7. The molecule has 3 N–H and O–H groups in total.